The van der Waals surface area contributed by atoms with E-state index in [9.17, 15) is 22.8 Å². The van der Waals surface area contributed by atoms with Crippen molar-refractivity contribution in [2.24, 2.45) is 0 Å². The fraction of sp³-hybridized carbons (Fsp3) is 0.111. The number of halogens is 3. The number of alkyl halides is 3. The van der Waals surface area contributed by atoms with Gasteiger partial charge >= 0.3 is 11.8 Å². The highest BCUT2D eigenvalue weighted by atomic mass is 19.4. The molecule has 0 aliphatic rings. The van der Waals surface area contributed by atoms with Crippen molar-refractivity contribution in [3.8, 4) is 0 Å². The molecule has 128 valence electrons. The summed E-state index contributed by atoms with van der Waals surface area (Å²) < 4.78 is 43.8. The van der Waals surface area contributed by atoms with Gasteiger partial charge in [-0.1, -0.05) is 30.3 Å². The van der Waals surface area contributed by atoms with Crippen LogP contribution in [0.5, 0.6) is 0 Å². The molecule has 0 atom stereocenters. The summed E-state index contributed by atoms with van der Waals surface area (Å²) in [7, 11) is 0. The molecule has 1 heterocycles. The minimum absolute atomic E-state index is 0.116. The molecule has 2 aromatic carbocycles. The summed E-state index contributed by atoms with van der Waals surface area (Å²) in [6, 6.07) is 13.1. The average Bonchev–Trinajstić information content (AvgIpc) is 2.53. The molecular weight excluding hydrogens is 335 g/mol. The number of benzene rings is 2. The van der Waals surface area contributed by atoms with Crippen molar-refractivity contribution in [1.29, 1.82) is 0 Å². The van der Waals surface area contributed by atoms with Crippen molar-refractivity contribution >= 4 is 22.6 Å². The van der Waals surface area contributed by atoms with Crippen molar-refractivity contribution in [3.05, 3.63) is 76.1 Å². The van der Waals surface area contributed by atoms with Crippen LogP contribution in [-0.2, 0) is 17.4 Å². The number of carbonyl (C=O) groups excluding carboxylic acids is 1. The van der Waals surface area contributed by atoms with E-state index in [2.05, 4.69) is 5.32 Å². The van der Waals surface area contributed by atoms with E-state index in [1.807, 2.05) is 6.07 Å². The number of nitrogens with one attached hydrogen (secondary N) is 1. The van der Waals surface area contributed by atoms with Crippen LogP contribution >= 0.6 is 0 Å². The fourth-order valence-corrected chi connectivity index (χ4v) is 2.46. The monoisotopic (exact) mass is 347 g/mol. The lowest BCUT2D eigenvalue weighted by Gasteiger charge is -2.10. The molecule has 0 spiro atoms. The minimum atomic E-state index is -4.67. The number of carbonyl (C=O) groups is 1. The molecule has 0 unspecified atom stereocenters. The lowest BCUT2D eigenvalue weighted by atomic mass is 10.1. The molecule has 0 saturated carbocycles. The first kappa shape index (κ1) is 16.8. The number of hydrogen-bond acceptors (Lipinski definition) is 3. The molecule has 1 N–H and O–H groups in total. The van der Waals surface area contributed by atoms with Crippen LogP contribution in [0, 0.1) is 0 Å². The first-order valence-corrected chi connectivity index (χ1v) is 7.32. The Hall–Kier alpha value is -3.09. The summed E-state index contributed by atoms with van der Waals surface area (Å²) >= 11 is 0. The molecule has 1 amide bonds. The van der Waals surface area contributed by atoms with Gasteiger partial charge in [0.15, 0.2) is 0 Å². The summed E-state index contributed by atoms with van der Waals surface area (Å²) in [6.07, 6.45) is -4.56. The zero-order chi connectivity index (χ0) is 18.0. The fourth-order valence-electron chi connectivity index (χ4n) is 2.46. The SMILES string of the molecule is O=C(Cc1ccccc1)Nc1ccc2c(C(F)(F)F)cc(=O)oc2c1. The molecule has 0 bridgehead atoms. The second kappa shape index (κ2) is 6.43. The molecule has 0 aliphatic heterocycles. The van der Waals surface area contributed by atoms with E-state index < -0.39 is 17.4 Å². The van der Waals surface area contributed by atoms with Crippen molar-refractivity contribution in [1.82, 2.24) is 0 Å². The zero-order valence-corrected chi connectivity index (χ0v) is 12.8. The second-order valence-corrected chi connectivity index (χ2v) is 5.40. The van der Waals surface area contributed by atoms with Crippen LogP contribution in [0.25, 0.3) is 11.0 Å². The van der Waals surface area contributed by atoms with Gasteiger partial charge in [-0.15, -0.1) is 0 Å². The van der Waals surface area contributed by atoms with E-state index >= 15 is 0 Å². The van der Waals surface area contributed by atoms with Crippen molar-refractivity contribution in [2.45, 2.75) is 12.6 Å². The summed E-state index contributed by atoms with van der Waals surface area (Å²) in [5, 5.41) is 2.34. The topological polar surface area (TPSA) is 59.3 Å². The van der Waals surface area contributed by atoms with Crippen molar-refractivity contribution in [3.63, 3.8) is 0 Å². The molecule has 0 radical (unpaired) electrons. The van der Waals surface area contributed by atoms with Crippen molar-refractivity contribution in [2.75, 3.05) is 5.32 Å². The molecule has 0 aliphatic carbocycles. The van der Waals surface area contributed by atoms with Crippen LogP contribution in [0.15, 0.2) is 63.8 Å². The Kier molecular flexibility index (Phi) is 4.31. The van der Waals surface area contributed by atoms with Gasteiger partial charge in [-0.2, -0.15) is 13.2 Å². The van der Waals surface area contributed by atoms with E-state index in [-0.39, 0.29) is 29.0 Å². The van der Waals surface area contributed by atoms with E-state index in [0.717, 1.165) is 5.56 Å². The van der Waals surface area contributed by atoms with Gasteiger partial charge in [-0.05, 0) is 17.7 Å². The molecule has 1 aromatic heterocycles. The highest BCUT2D eigenvalue weighted by molar-refractivity contribution is 5.94. The van der Waals surface area contributed by atoms with Gasteiger partial charge in [0.25, 0.3) is 0 Å². The molecule has 25 heavy (non-hydrogen) atoms. The van der Waals surface area contributed by atoms with E-state index in [1.54, 1.807) is 24.3 Å². The van der Waals surface area contributed by atoms with Crippen LogP contribution in [0.1, 0.15) is 11.1 Å². The zero-order valence-electron chi connectivity index (χ0n) is 12.8. The van der Waals surface area contributed by atoms with Crippen molar-refractivity contribution < 1.29 is 22.4 Å². The highest BCUT2D eigenvalue weighted by Gasteiger charge is 2.33. The van der Waals surface area contributed by atoms with Gasteiger partial charge in [0.2, 0.25) is 5.91 Å². The third kappa shape index (κ3) is 3.88. The number of hydrogen-bond donors (Lipinski definition) is 1. The first-order chi connectivity index (χ1) is 11.8. The quantitative estimate of drug-likeness (QED) is 0.729. The smallest absolute Gasteiger partial charge is 0.417 e. The number of rotatable bonds is 3. The summed E-state index contributed by atoms with van der Waals surface area (Å²) in [6.45, 7) is 0. The van der Waals surface area contributed by atoms with Gasteiger partial charge in [0.05, 0.1) is 12.0 Å². The summed E-state index contributed by atoms with van der Waals surface area (Å²) in [4.78, 5) is 23.4. The Morgan fingerprint density at radius 2 is 1.76 bits per heavy atom. The van der Waals surface area contributed by atoms with E-state index in [4.69, 9.17) is 4.42 Å². The van der Waals surface area contributed by atoms with Gasteiger partial charge in [0, 0.05) is 23.2 Å². The number of amides is 1. The predicted molar refractivity (Wildman–Crippen MR) is 86.3 cm³/mol. The molecule has 0 fully saturated rings. The maximum atomic E-state index is 13.0. The van der Waals surface area contributed by atoms with Gasteiger partial charge in [-0.25, -0.2) is 4.79 Å². The summed E-state index contributed by atoms with van der Waals surface area (Å²) in [5.41, 5.74) is -1.37. The first-order valence-electron chi connectivity index (χ1n) is 7.32. The molecule has 3 rings (SSSR count). The maximum Gasteiger partial charge on any atom is 0.417 e. The lowest BCUT2D eigenvalue weighted by molar-refractivity contribution is -0.136. The van der Waals surface area contributed by atoms with Crippen LogP contribution in [0.3, 0.4) is 0 Å². The molecule has 7 heteroatoms. The second-order valence-electron chi connectivity index (χ2n) is 5.40. The highest BCUT2D eigenvalue weighted by Crippen LogP contribution is 2.34. The third-order valence-electron chi connectivity index (χ3n) is 3.54. The van der Waals surface area contributed by atoms with Crippen LogP contribution in [-0.4, -0.2) is 5.91 Å². The molecule has 4 nitrogen and oxygen atoms in total. The van der Waals surface area contributed by atoms with Crippen LogP contribution < -0.4 is 10.9 Å². The average molecular weight is 347 g/mol. The molecular formula is C18H12F3NO3. The number of fused-ring (bicyclic) bond motifs is 1. The Balaban J connectivity index is 1.89. The lowest BCUT2D eigenvalue weighted by Crippen LogP contribution is -2.15. The standard InChI is InChI=1S/C18H12F3NO3/c19-18(20,21)14-10-17(24)25-15-9-12(6-7-13(14)15)22-16(23)8-11-4-2-1-3-5-11/h1-7,9-10H,8H2,(H,22,23). The maximum absolute atomic E-state index is 13.0. The normalized spacial score (nSPS) is 11.5. The Morgan fingerprint density at radius 3 is 2.44 bits per heavy atom. The Morgan fingerprint density at radius 1 is 1.04 bits per heavy atom. The predicted octanol–water partition coefficient (Wildman–Crippen LogP) is 3.99. The largest absolute Gasteiger partial charge is 0.423 e. The van der Waals surface area contributed by atoms with Gasteiger partial charge in [0.1, 0.15) is 5.58 Å². The number of anilines is 1. The minimum Gasteiger partial charge on any atom is -0.423 e. The van der Waals surface area contributed by atoms with Crippen LogP contribution in [0.2, 0.25) is 0 Å². The Bertz CT molecular complexity index is 978. The third-order valence-corrected chi connectivity index (χ3v) is 3.54. The van der Waals surface area contributed by atoms with Crippen LogP contribution in [0.4, 0.5) is 18.9 Å². The molecule has 3 aromatic rings. The van der Waals surface area contributed by atoms with Gasteiger partial charge < -0.3 is 9.73 Å². The van der Waals surface area contributed by atoms with E-state index in [1.165, 1.54) is 18.2 Å². The summed E-state index contributed by atoms with van der Waals surface area (Å²) in [5.74, 6) is -0.333. The van der Waals surface area contributed by atoms with Gasteiger partial charge in [-0.3, -0.25) is 4.79 Å². The van der Waals surface area contributed by atoms with E-state index in [0.29, 0.717) is 6.07 Å². The Labute approximate surface area is 139 Å². The molecule has 0 saturated heterocycles.